The van der Waals surface area contributed by atoms with Crippen LogP contribution in [0, 0.1) is 5.92 Å². The van der Waals surface area contributed by atoms with E-state index in [1.54, 1.807) is 4.31 Å². The van der Waals surface area contributed by atoms with Crippen LogP contribution < -0.4 is 0 Å². The molecule has 0 radical (unpaired) electrons. The molecule has 2 aliphatic rings. The van der Waals surface area contributed by atoms with Gasteiger partial charge in [-0.25, -0.2) is 8.42 Å². The maximum absolute atomic E-state index is 12.3. The summed E-state index contributed by atoms with van der Waals surface area (Å²) in [5.74, 6) is 0.637. The third-order valence-electron chi connectivity index (χ3n) is 4.06. The average molecular weight is 261 g/mol. The van der Waals surface area contributed by atoms with Crippen LogP contribution in [0.3, 0.4) is 0 Å². The van der Waals surface area contributed by atoms with Gasteiger partial charge in [-0.05, 0) is 31.6 Å². The van der Waals surface area contributed by atoms with Gasteiger partial charge in [0, 0.05) is 12.6 Å². The second-order valence-electron chi connectivity index (χ2n) is 5.37. The Kier molecular flexibility index (Phi) is 4.44. The van der Waals surface area contributed by atoms with Crippen molar-refractivity contribution in [1.29, 1.82) is 0 Å². The van der Waals surface area contributed by atoms with Crippen LogP contribution in [-0.4, -0.2) is 42.8 Å². The topological polar surface area (TPSA) is 57.6 Å². The Balaban J connectivity index is 1.97. The highest BCUT2D eigenvalue weighted by Gasteiger charge is 2.35. The van der Waals surface area contributed by atoms with E-state index in [9.17, 15) is 13.5 Å². The highest BCUT2D eigenvalue weighted by atomic mass is 32.2. The van der Waals surface area contributed by atoms with Gasteiger partial charge in [-0.2, -0.15) is 4.31 Å². The molecule has 1 aliphatic carbocycles. The number of aliphatic hydroxyl groups is 1. The molecule has 5 heteroatoms. The molecule has 0 aromatic rings. The fourth-order valence-corrected chi connectivity index (χ4v) is 5.26. The molecule has 100 valence electrons. The van der Waals surface area contributed by atoms with E-state index in [0.717, 1.165) is 25.7 Å². The zero-order valence-electron chi connectivity index (χ0n) is 10.3. The van der Waals surface area contributed by atoms with E-state index in [1.807, 2.05) is 0 Å². The molecule has 1 heterocycles. The number of hydrogen-bond acceptors (Lipinski definition) is 3. The molecule has 2 rings (SSSR count). The van der Waals surface area contributed by atoms with Gasteiger partial charge in [0.15, 0.2) is 0 Å². The van der Waals surface area contributed by atoms with Gasteiger partial charge in [0.25, 0.3) is 0 Å². The van der Waals surface area contributed by atoms with Crippen LogP contribution in [0.5, 0.6) is 0 Å². The minimum absolute atomic E-state index is 0.0378. The Bertz CT molecular complexity index is 336. The van der Waals surface area contributed by atoms with Crippen molar-refractivity contribution in [1.82, 2.24) is 4.31 Å². The van der Waals surface area contributed by atoms with Gasteiger partial charge in [0.2, 0.25) is 10.0 Å². The van der Waals surface area contributed by atoms with E-state index in [0.29, 0.717) is 18.2 Å². The van der Waals surface area contributed by atoms with E-state index in [4.69, 9.17) is 0 Å². The fourth-order valence-electron chi connectivity index (χ4n) is 3.11. The molecule has 0 amide bonds. The number of sulfonamides is 1. The Hall–Kier alpha value is -0.130. The van der Waals surface area contributed by atoms with E-state index in [2.05, 4.69) is 0 Å². The summed E-state index contributed by atoms with van der Waals surface area (Å²) in [5.41, 5.74) is 0. The summed E-state index contributed by atoms with van der Waals surface area (Å²) in [6.45, 7) is 0.560. The largest absolute Gasteiger partial charge is 0.395 e. The average Bonchev–Trinajstić information content (AvgIpc) is 2.78. The van der Waals surface area contributed by atoms with Crippen LogP contribution >= 0.6 is 0 Å². The Labute approximate surface area is 104 Å². The van der Waals surface area contributed by atoms with Crippen LogP contribution in [0.15, 0.2) is 0 Å². The van der Waals surface area contributed by atoms with Crippen LogP contribution in [0.25, 0.3) is 0 Å². The number of rotatable bonds is 4. The summed E-state index contributed by atoms with van der Waals surface area (Å²) in [6.07, 6.45) is 7.38. The molecule has 1 saturated carbocycles. The number of aliphatic hydroxyl groups excluding tert-OH is 1. The molecule has 0 aromatic carbocycles. The van der Waals surface area contributed by atoms with Crippen molar-refractivity contribution in [2.24, 2.45) is 5.92 Å². The summed E-state index contributed by atoms with van der Waals surface area (Å²) in [5, 5.41) is 9.20. The first-order valence-electron chi connectivity index (χ1n) is 6.74. The smallest absolute Gasteiger partial charge is 0.214 e. The maximum atomic E-state index is 12.3. The molecule has 17 heavy (non-hydrogen) atoms. The van der Waals surface area contributed by atoms with Crippen molar-refractivity contribution in [2.75, 3.05) is 18.9 Å². The zero-order chi connectivity index (χ0) is 12.3. The molecule has 1 unspecified atom stereocenters. The van der Waals surface area contributed by atoms with E-state index >= 15 is 0 Å². The first kappa shape index (κ1) is 13.3. The summed E-state index contributed by atoms with van der Waals surface area (Å²) >= 11 is 0. The lowest BCUT2D eigenvalue weighted by atomic mass is 9.91. The van der Waals surface area contributed by atoms with E-state index < -0.39 is 10.0 Å². The van der Waals surface area contributed by atoms with Crippen molar-refractivity contribution in [3.63, 3.8) is 0 Å². The number of hydrogen-bond donors (Lipinski definition) is 1. The molecule has 1 N–H and O–H groups in total. The lowest BCUT2D eigenvalue weighted by Gasteiger charge is -2.27. The van der Waals surface area contributed by atoms with Gasteiger partial charge >= 0.3 is 0 Å². The molecular formula is C12H23NO3S. The van der Waals surface area contributed by atoms with Gasteiger partial charge in [-0.1, -0.05) is 19.3 Å². The molecule has 2 fully saturated rings. The lowest BCUT2D eigenvalue weighted by molar-refractivity contribution is 0.212. The highest BCUT2D eigenvalue weighted by molar-refractivity contribution is 7.89. The van der Waals surface area contributed by atoms with Crippen LogP contribution in [0.2, 0.25) is 0 Å². The molecule has 1 aliphatic heterocycles. The van der Waals surface area contributed by atoms with Gasteiger partial charge in [-0.15, -0.1) is 0 Å². The van der Waals surface area contributed by atoms with E-state index in [-0.39, 0.29) is 12.6 Å². The predicted molar refractivity (Wildman–Crippen MR) is 67.2 cm³/mol. The molecular weight excluding hydrogens is 238 g/mol. The fraction of sp³-hybridized carbons (Fsp3) is 1.00. The predicted octanol–water partition coefficient (Wildman–Crippen LogP) is 1.35. The van der Waals surface area contributed by atoms with Gasteiger partial charge < -0.3 is 5.11 Å². The van der Waals surface area contributed by atoms with Crippen molar-refractivity contribution < 1.29 is 13.5 Å². The standard InChI is InChI=1S/C12H23NO3S/c14-9-12-7-4-8-13(12)17(15,16)10-11-5-2-1-3-6-11/h11-12,14H,1-10H2. The monoisotopic (exact) mass is 261 g/mol. The zero-order valence-corrected chi connectivity index (χ0v) is 11.2. The molecule has 0 bridgehead atoms. The van der Waals surface area contributed by atoms with Gasteiger partial charge in [-0.3, -0.25) is 0 Å². The normalized spacial score (nSPS) is 28.6. The summed E-state index contributed by atoms with van der Waals surface area (Å²) in [7, 11) is -3.15. The van der Waals surface area contributed by atoms with Crippen LogP contribution in [-0.2, 0) is 10.0 Å². The maximum Gasteiger partial charge on any atom is 0.214 e. The van der Waals surface area contributed by atoms with Crippen molar-refractivity contribution >= 4 is 10.0 Å². The second-order valence-corrected chi connectivity index (χ2v) is 7.34. The molecule has 0 aromatic heterocycles. The van der Waals surface area contributed by atoms with Crippen LogP contribution in [0.1, 0.15) is 44.9 Å². The van der Waals surface area contributed by atoms with Crippen molar-refractivity contribution in [2.45, 2.75) is 51.0 Å². The minimum Gasteiger partial charge on any atom is -0.395 e. The minimum atomic E-state index is -3.15. The van der Waals surface area contributed by atoms with Crippen molar-refractivity contribution in [3.8, 4) is 0 Å². The summed E-state index contributed by atoms with van der Waals surface area (Å²) < 4.78 is 26.1. The Morgan fingerprint density at radius 1 is 1.06 bits per heavy atom. The van der Waals surface area contributed by atoms with Crippen molar-refractivity contribution in [3.05, 3.63) is 0 Å². The third kappa shape index (κ3) is 3.20. The quantitative estimate of drug-likeness (QED) is 0.831. The lowest BCUT2D eigenvalue weighted by Crippen LogP contribution is -2.40. The first-order valence-corrected chi connectivity index (χ1v) is 8.35. The van der Waals surface area contributed by atoms with E-state index in [1.165, 1.54) is 19.3 Å². The second kappa shape index (κ2) is 5.67. The highest BCUT2D eigenvalue weighted by Crippen LogP contribution is 2.28. The van der Waals surface area contributed by atoms with Gasteiger partial charge in [0.05, 0.1) is 12.4 Å². The van der Waals surface area contributed by atoms with Gasteiger partial charge in [0.1, 0.15) is 0 Å². The first-order chi connectivity index (χ1) is 8.13. The third-order valence-corrected chi connectivity index (χ3v) is 6.15. The molecule has 4 nitrogen and oxygen atoms in total. The summed E-state index contributed by atoms with van der Waals surface area (Å²) in [4.78, 5) is 0. The summed E-state index contributed by atoms with van der Waals surface area (Å²) in [6, 6.07) is -0.163. The SMILES string of the molecule is O=S(=O)(CC1CCCCC1)N1CCCC1CO. The van der Waals surface area contributed by atoms with Crippen LogP contribution in [0.4, 0.5) is 0 Å². The number of nitrogens with zero attached hydrogens (tertiary/aromatic N) is 1. The molecule has 0 spiro atoms. The Morgan fingerprint density at radius 2 is 1.76 bits per heavy atom. The molecule has 1 atom stereocenters. The Morgan fingerprint density at radius 3 is 2.41 bits per heavy atom. The molecule has 1 saturated heterocycles.